The van der Waals surface area contributed by atoms with Crippen molar-refractivity contribution in [3.8, 4) is 0 Å². The highest BCUT2D eigenvalue weighted by Crippen LogP contribution is 2.41. The lowest BCUT2D eigenvalue weighted by molar-refractivity contribution is -0.144. The highest BCUT2D eigenvalue weighted by Gasteiger charge is 2.45. The van der Waals surface area contributed by atoms with Crippen molar-refractivity contribution in [2.24, 2.45) is 5.92 Å². The molecule has 2 rings (SSSR count). The Bertz CT molecular complexity index is 469. The van der Waals surface area contributed by atoms with Crippen molar-refractivity contribution in [2.75, 3.05) is 33.7 Å². The van der Waals surface area contributed by atoms with Crippen LogP contribution in [-0.2, 0) is 10.4 Å². The number of hydrogen-bond acceptors (Lipinski definition) is 4. The zero-order valence-electron chi connectivity index (χ0n) is 13.7. The molecule has 2 N–H and O–H groups in total. The van der Waals surface area contributed by atoms with Crippen LogP contribution in [0, 0.1) is 5.92 Å². The van der Waals surface area contributed by atoms with Crippen molar-refractivity contribution in [3.05, 3.63) is 35.9 Å². The van der Waals surface area contributed by atoms with Crippen LogP contribution in [0.25, 0.3) is 0 Å². The number of benzene rings is 1. The second-order valence-corrected chi connectivity index (χ2v) is 6.52. The predicted molar refractivity (Wildman–Crippen MR) is 88.7 cm³/mol. The van der Waals surface area contributed by atoms with Gasteiger partial charge in [0.05, 0.1) is 6.54 Å². The Morgan fingerprint density at radius 1 is 1.27 bits per heavy atom. The monoisotopic (exact) mass is 304 g/mol. The number of Topliss-reactive ketones (excluding diaryl/α,β-unsaturated/α-hetero) is 1. The first-order valence-corrected chi connectivity index (χ1v) is 8.21. The highest BCUT2D eigenvalue weighted by molar-refractivity contribution is 5.90. The molecule has 0 aliphatic heterocycles. The molecule has 1 aliphatic rings. The van der Waals surface area contributed by atoms with E-state index in [1.807, 2.05) is 44.4 Å². The van der Waals surface area contributed by atoms with Crippen LogP contribution in [-0.4, -0.2) is 49.5 Å². The zero-order valence-corrected chi connectivity index (χ0v) is 13.7. The quantitative estimate of drug-likeness (QED) is 0.719. The third-order valence-electron chi connectivity index (χ3n) is 4.61. The summed E-state index contributed by atoms with van der Waals surface area (Å²) in [5.74, 6) is -0.0672. The molecular formula is C18H28N2O2. The standard InChI is InChI=1S/C18H28N2O2/c1-20(2)13-12-19-14-17(21)18(22,16-10-6-7-11-16)15-8-4-3-5-9-15/h3-5,8-9,16,19,22H,6-7,10-14H2,1-2H3/t18-/m0/s1. The van der Waals surface area contributed by atoms with Crippen LogP contribution < -0.4 is 5.32 Å². The second kappa shape index (κ2) is 7.86. The largest absolute Gasteiger partial charge is 0.377 e. The van der Waals surface area contributed by atoms with Gasteiger partial charge in [-0.2, -0.15) is 0 Å². The van der Waals surface area contributed by atoms with Crippen LogP contribution >= 0.6 is 0 Å². The lowest BCUT2D eigenvalue weighted by Gasteiger charge is -2.33. The first kappa shape index (κ1) is 17.1. The number of rotatable bonds is 8. The van der Waals surface area contributed by atoms with E-state index in [4.69, 9.17) is 0 Å². The number of hydrogen-bond donors (Lipinski definition) is 2. The van der Waals surface area contributed by atoms with E-state index in [0.717, 1.165) is 44.3 Å². The fraction of sp³-hybridized carbons (Fsp3) is 0.611. The number of nitrogens with zero attached hydrogens (tertiary/aromatic N) is 1. The highest BCUT2D eigenvalue weighted by atomic mass is 16.3. The Balaban J connectivity index is 2.09. The van der Waals surface area contributed by atoms with Gasteiger partial charge in [-0.25, -0.2) is 0 Å². The van der Waals surface area contributed by atoms with Crippen LogP contribution in [0.5, 0.6) is 0 Å². The Kier molecular flexibility index (Phi) is 6.12. The molecular weight excluding hydrogens is 276 g/mol. The van der Waals surface area contributed by atoms with Gasteiger partial charge in [-0.3, -0.25) is 4.79 Å². The molecule has 0 aromatic heterocycles. The minimum Gasteiger partial charge on any atom is -0.377 e. The second-order valence-electron chi connectivity index (χ2n) is 6.52. The fourth-order valence-electron chi connectivity index (χ4n) is 3.30. The Labute approximate surface area is 133 Å². The fourth-order valence-corrected chi connectivity index (χ4v) is 3.30. The van der Waals surface area contributed by atoms with E-state index in [-0.39, 0.29) is 18.2 Å². The van der Waals surface area contributed by atoms with E-state index in [9.17, 15) is 9.90 Å². The lowest BCUT2D eigenvalue weighted by atomic mass is 9.77. The van der Waals surface area contributed by atoms with E-state index in [1.54, 1.807) is 0 Å². The molecule has 4 nitrogen and oxygen atoms in total. The maximum atomic E-state index is 12.8. The summed E-state index contributed by atoms with van der Waals surface area (Å²) in [4.78, 5) is 14.8. The number of ketones is 1. The summed E-state index contributed by atoms with van der Waals surface area (Å²) < 4.78 is 0. The Morgan fingerprint density at radius 2 is 1.91 bits per heavy atom. The molecule has 122 valence electrons. The summed E-state index contributed by atoms with van der Waals surface area (Å²) in [6.45, 7) is 1.84. The average molecular weight is 304 g/mol. The first-order chi connectivity index (χ1) is 10.5. The van der Waals surface area contributed by atoms with Gasteiger partial charge in [0.25, 0.3) is 0 Å². The molecule has 4 heteroatoms. The lowest BCUT2D eigenvalue weighted by Crippen LogP contribution is -2.47. The van der Waals surface area contributed by atoms with Gasteiger partial charge in [0.2, 0.25) is 0 Å². The molecule has 1 atom stereocenters. The molecule has 0 spiro atoms. The van der Waals surface area contributed by atoms with Crippen molar-refractivity contribution in [1.29, 1.82) is 0 Å². The number of aliphatic hydroxyl groups is 1. The molecule has 0 heterocycles. The smallest absolute Gasteiger partial charge is 0.182 e. The zero-order chi connectivity index (χ0) is 16.0. The molecule has 0 amide bonds. The van der Waals surface area contributed by atoms with Gasteiger partial charge in [-0.15, -0.1) is 0 Å². The average Bonchev–Trinajstić information content (AvgIpc) is 3.06. The molecule has 1 saturated carbocycles. The molecule has 22 heavy (non-hydrogen) atoms. The van der Waals surface area contributed by atoms with Gasteiger partial charge >= 0.3 is 0 Å². The summed E-state index contributed by atoms with van der Waals surface area (Å²) >= 11 is 0. The van der Waals surface area contributed by atoms with Gasteiger partial charge in [0, 0.05) is 13.1 Å². The molecule has 0 bridgehead atoms. The molecule has 0 radical (unpaired) electrons. The van der Waals surface area contributed by atoms with E-state index in [0.29, 0.717) is 0 Å². The Morgan fingerprint density at radius 3 is 2.50 bits per heavy atom. The van der Waals surface area contributed by atoms with E-state index < -0.39 is 5.60 Å². The van der Waals surface area contributed by atoms with Gasteiger partial charge in [-0.05, 0) is 38.4 Å². The molecule has 1 aliphatic carbocycles. The minimum atomic E-state index is -1.34. The predicted octanol–water partition coefficient (Wildman–Crippen LogP) is 1.78. The van der Waals surface area contributed by atoms with E-state index in [2.05, 4.69) is 10.2 Å². The van der Waals surface area contributed by atoms with Gasteiger partial charge in [-0.1, -0.05) is 43.2 Å². The molecule has 0 unspecified atom stereocenters. The van der Waals surface area contributed by atoms with Crippen LogP contribution in [0.15, 0.2) is 30.3 Å². The van der Waals surface area contributed by atoms with Crippen LogP contribution in [0.1, 0.15) is 31.2 Å². The van der Waals surface area contributed by atoms with Gasteiger partial charge in [0.1, 0.15) is 0 Å². The summed E-state index contributed by atoms with van der Waals surface area (Å²) in [5.41, 5.74) is -0.607. The summed E-state index contributed by atoms with van der Waals surface area (Å²) in [6.07, 6.45) is 4.05. The summed E-state index contributed by atoms with van der Waals surface area (Å²) in [6, 6.07) is 9.44. The van der Waals surface area contributed by atoms with Gasteiger partial charge < -0.3 is 15.3 Å². The van der Waals surface area contributed by atoms with E-state index >= 15 is 0 Å². The Hall–Kier alpha value is -1.23. The van der Waals surface area contributed by atoms with Crippen LogP contribution in [0.2, 0.25) is 0 Å². The number of nitrogens with one attached hydrogen (secondary N) is 1. The SMILES string of the molecule is CN(C)CCNCC(=O)[C@](O)(c1ccccc1)C1CCCC1. The van der Waals surface area contributed by atoms with Crippen molar-refractivity contribution >= 4 is 5.78 Å². The maximum absolute atomic E-state index is 12.8. The summed E-state index contributed by atoms with van der Waals surface area (Å²) in [7, 11) is 4.00. The number of likely N-dealkylation sites (N-methyl/N-ethyl adjacent to an activating group) is 1. The number of carbonyl (C=O) groups is 1. The summed E-state index contributed by atoms with van der Waals surface area (Å²) in [5, 5.41) is 14.4. The van der Waals surface area contributed by atoms with Crippen molar-refractivity contribution in [1.82, 2.24) is 10.2 Å². The molecule has 1 aromatic carbocycles. The van der Waals surface area contributed by atoms with Crippen molar-refractivity contribution < 1.29 is 9.90 Å². The minimum absolute atomic E-state index is 0.0399. The van der Waals surface area contributed by atoms with E-state index in [1.165, 1.54) is 0 Å². The third-order valence-corrected chi connectivity index (χ3v) is 4.61. The van der Waals surface area contributed by atoms with Crippen molar-refractivity contribution in [3.63, 3.8) is 0 Å². The van der Waals surface area contributed by atoms with Gasteiger partial charge in [0.15, 0.2) is 11.4 Å². The van der Waals surface area contributed by atoms with Crippen LogP contribution in [0.3, 0.4) is 0 Å². The molecule has 1 fully saturated rings. The van der Waals surface area contributed by atoms with Crippen LogP contribution in [0.4, 0.5) is 0 Å². The maximum Gasteiger partial charge on any atom is 0.182 e. The first-order valence-electron chi connectivity index (χ1n) is 8.21. The number of carbonyl (C=O) groups excluding carboxylic acids is 1. The van der Waals surface area contributed by atoms with Crippen molar-refractivity contribution in [2.45, 2.75) is 31.3 Å². The normalized spacial score (nSPS) is 18.5. The molecule has 1 aromatic rings. The third kappa shape index (κ3) is 3.94. The molecule has 0 saturated heterocycles. The topological polar surface area (TPSA) is 52.6 Å².